The fraction of sp³-hybridized carbons (Fsp3) is 0.579. The molecule has 1 aromatic rings. The van der Waals surface area contributed by atoms with Gasteiger partial charge in [-0.15, -0.1) is 0 Å². The van der Waals surface area contributed by atoms with Gasteiger partial charge in [-0.2, -0.15) is 0 Å². The minimum Gasteiger partial charge on any atom is -0.493 e. The molecular formula is C19H26N2O5. The molecule has 0 saturated carbocycles. The van der Waals surface area contributed by atoms with Crippen LogP contribution >= 0.6 is 0 Å². The lowest BCUT2D eigenvalue weighted by Crippen LogP contribution is -2.44. The van der Waals surface area contributed by atoms with E-state index in [1.807, 2.05) is 23.1 Å². The van der Waals surface area contributed by atoms with Crippen LogP contribution in [0.25, 0.3) is 0 Å². The quantitative estimate of drug-likeness (QED) is 0.754. The summed E-state index contributed by atoms with van der Waals surface area (Å²) in [6.07, 6.45) is 2.03. The van der Waals surface area contributed by atoms with Crippen molar-refractivity contribution < 1.29 is 24.2 Å². The molecule has 0 radical (unpaired) electrons. The average molecular weight is 362 g/mol. The predicted molar refractivity (Wildman–Crippen MR) is 95.6 cm³/mol. The molecule has 7 nitrogen and oxygen atoms in total. The Hall–Kier alpha value is -2.12. The standard InChI is InChI=1S/C18H24N2O3.CH2O2/c1-19-8-13-9-20(10-16(19)12-22-11-13)18(21)15-4-5-17-14(7-15)3-2-6-23-17;2-1-3/h4-5,7,13,16H,2-3,6,8-12H2,1H3;1H,(H,2,3)/t13-,16+;/m1./s1. The average Bonchev–Trinajstić information content (AvgIpc) is 2.90. The summed E-state index contributed by atoms with van der Waals surface area (Å²) >= 11 is 0. The number of amides is 1. The van der Waals surface area contributed by atoms with Crippen LogP contribution in [0, 0.1) is 5.92 Å². The number of nitrogens with zero attached hydrogens (tertiary/aromatic N) is 2. The van der Waals surface area contributed by atoms with Gasteiger partial charge in [-0.25, -0.2) is 0 Å². The minimum absolute atomic E-state index is 0.144. The Morgan fingerprint density at radius 3 is 2.88 bits per heavy atom. The van der Waals surface area contributed by atoms with Crippen molar-refractivity contribution in [1.29, 1.82) is 0 Å². The first-order valence-corrected chi connectivity index (χ1v) is 9.03. The smallest absolute Gasteiger partial charge is 0.290 e. The minimum atomic E-state index is -0.250. The summed E-state index contributed by atoms with van der Waals surface area (Å²) in [6, 6.07) is 6.19. The molecule has 2 atom stereocenters. The number of hydrogen-bond acceptors (Lipinski definition) is 5. The van der Waals surface area contributed by atoms with Crippen molar-refractivity contribution in [2.75, 3.05) is 46.5 Å². The highest BCUT2D eigenvalue weighted by atomic mass is 16.5. The predicted octanol–water partition coefficient (Wildman–Crippen LogP) is 1.12. The monoisotopic (exact) mass is 362 g/mol. The molecule has 3 heterocycles. The largest absolute Gasteiger partial charge is 0.493 e. The second kappa shape index (κ2) is 8.51. The number of carboxylic acid groups (broad SMARTS) is 1. The molecule has 0 spiro atoms. The fourth-order valence-corrected chi connectivity index (χ4v) is 3.89. The first-order valence-electron chi connectivity index (χ1n) is 9.03. The van der Waals surface area contributed by atoms with Crippen molar-refractivity contribution in [3.8, 4) is 5.75 Å². The van der Waals surface area contributed by atoms with E-state index >= 15 is 0 Å². The van der Waals surface area contributed by atoms with E-state index in [4.69, 9.17) is 19.4 Å². The van der Waals surface area contributed by atoms with Gasteiger partial charge in [0.05, 0.1) is 25.9 Å². The zero-order chi connectivity index (χ0) is 18.5. The molecule has 2 fully saturated rings. The number of carbonyl (C=O) groups is 2. The molecule has 2 saturated heterocycles. The van der Waals surface area contributed by atoms with Crippen LogP contribution < -0.4 is 4.74 Å². The van der Waals surface area contributed by atoms with E-state index in [0.29, 0.717) is 12.0 Å². The Balaban J connectivity index is 0.000000613. The zero-order valence-electron chi connectivity index (χ0n) is 15.1. The van der Waals surface area contributed by atoms with Crippen molar-refractivity contribution in [3.05, 3.63) is 29.3 Å². The zero-order valence-corrected chi connectivity index (χ0v) is 15.1. The molecule has 142 valence electrons. The summed E-state index contributed by atoms with van der Waals surface area (Å²) < 4.78 is 11.4. The van der Waals surface area contributed by atoms with Crippen LogP contribution in [0.2, 0.25) is 0 Å². The van der Waals surface area contributed by atoms with Gasteiger partial charge in [0.15, 0.2) is 0 Å². The third-order valence-corrected chi connectivity index (χ3v) is 5.19. The molecule has 1 amide bonds. The van der Waals surface area contributed by atoms with Crippen LogP contribution in [-0.2, 0) is 16.0 Å². The topological polar surface area (TPSA) is 79.3 Å². The normalized spacial score (nSPS) is 25.0. The fourth-order valence-electron chi connectivity index (χ4n) is 3.89. The molecule has 26 heavy (non-hydrogen) atoms. The number of rotatable bonds is 1. The number of fused-ring (bicyclic) bond motifs is 4. The highest BCUT2D eigenvalue weighted by Crippen LogP contribution is 2.27. The number of likely N-dealkylation sites (N-methyl/N-ethyl adjacent to an activating group) is 1. The van der Waals surface area contributed by atoms with Gasteiger partial charge in [0.2, 0.25) is 0 Å². The van der Waals surface area contributed by atoms with Crippen molar-refractivity contribution in [2.24, 2.45) is 5.92 Å². The lowest BCUT2D eigenvalue weighted by molar-refractivity contribution is -0.122. The summed E-state index contributed by atoms with van der Waals surface area (Å²) in [4.78, 5) is 25.7. The molecule has 1 N–H and O–H groups in total. The van der Waals surface area contributed by atoms with E-state index < -0.39 is 0 Å². The van der Waals surface area contributed by atoms with E-state index in [9.17, 15) is 4.79 Å². The van der Waals surface area contributed by atoms with E-state index in [2.05, 4.69) is 11.9 Å². The van der Waals surface area contributed by atoms with Crippen molar-refractivity contribution in [2.45, 2.75) is 18.9 Å². The summed E-state index contributed by atoms with van der Waals surface area (Å²) in [6.45, 7) is 4.54. The van der Waals surface area contributed by atoms with Crippen LogP contribution in [0.3, 0.4) is 0 Å². The number of carbonyl (C=O) groups excluding carboxylic acids is 1. The second-order valence-electron chi connectivity index (χ2n) is 7.09. The number of ether oxygens (including phenoxy) is 2. The summed E-state index contributed by atoms with van der Waals surface area (Å²) in [5, 5.41) is 6.89. The van der Waals surface area contributed by atoms with Gasteiger partial charge in [0.1, 0.15) is 5.75 Å². The van der Waals surface area contributed by atoms with E-state index in [0.717, 1.165) is 69.2 Å². The molecule has 0 aromatic heterocycles. The Kier molecular flexibility index (Phi) is 6.11. The van der Waals surface area contributed by atoms with Gasteiger partial charge in [-0.1, -0.05) is 0 Å². The maximum atomic E-state index is 13.0. The Labute approximate surface area is 153 Å². The van der Waals surface area contributed by atoms with Crippen LogP contribution in [0.15, 0.2) is 18.2 Å². The molecule has 1 aromatic carbocycles. The van der Waals surface area contributed by atoms with Gasteiger partial charge in [-0.05, 0) is 43.7 Å². The molecule has 4 rings (SSSR count). The van der Waals surface area contributed by atoms with Crippen molar-refractivity contribution >= 4 is 12.4 Å². The summed E-state index contributed by atoms with van der Waals surface area (Å²) in [5.74, 6) is 1.48. The molecule has 0 unspecified atom stereocenters. The summed E-state index contributed by atoms with van der Waals surface area (Å²) in [5.41, 5.74) is 1.95. The van der Waals surface area contributed by atoms with E-state index in [1.165, 1.54) is 0 Å². The van der Waals surface area contributed by atoms with Crippen molar-refractivity contribution in [3.63, 3.8) is 0 Å². The van der Waals surface area contributed by atoms with Gasteiger partial charge in [-0.3, -0.25) is 14.5 Å². The van der Waals surface area contributed by atoms with Gasteiger partial charge >= 0.3 is 0 Å². The number of hydrogen-bond donors (Lipinski definition) is 1. The van der Waals surface area contributed by atoms with Gasteiger partial charge < -0.3 is 19.5 Å². The first-order chi connectivity index (χ1) is 12.6. The SMILES string of the molecule is CN1C[C@H]2COC[C@@H]1CN(C(=O)c1ccc3c(c1)CCCO3)C2.O=CO. The third-order valence-electron chi connectivity index (χ3n) is 5.19. The Bertz CT molecular complexity index is 651. The second-order valence-corrected chi connectivity index (χ2v) is 7.09. The molecule has 3 aliphatic heterocycles. The molecule has 0 aliphatic carbocycles. The third kappa shape index (κ3) is 4.16. The Morgan fingerprint density at radius 1 is 1.27 bits per heavy atom. The van der Waals surface area contributed by atoms with Gasteiger partial charge in [0, 0.05) is 31.1 Å². The van der Waals surface area contributed by atoms with Crippen LogP contribution in [0.4, 0.5) is 0 Å². The molecule has 2 bridgehead atoms. The van der Waals surface area contributed by atoms with E-state index in [-0.39, 0.29) is 12.4 Å². The number of benzene rings is 1. The Morgan fingerprint density at radius 2 is 2.08 bits per heavy atom. The van der Waals surface area contributed by atoms with Crippen molar-refractivity contribution in [1.82, 2.24) is 9.80 Å². The summed E-state index contributed by atoms with van der Waals surface area (Å²) in [7, 11) is 2.14. The van der Waals surface area contributed by atoms with Crippen LogP contribution in [0.1, 0.15) is 22.3 Å². The molecule has 3 aliphatic rings. The molecular weight excluding hydrogens is 336 g/mol. The first kappa shape index (κ1) is 18.7. The maximum absolute atomic E-state index is 13.0. The van der Waals surface area contributed by atoms with Crippen LogP contribution in [0.5, 0.6) is 5.75 Å². The van der Waals surface area contributed by atoms with Crippen LogP contribution in [-0.4, -0.2) is 79.8 Å². The number of aryl methyl sites for hydroxylation is 1. The lowest BCUT2D eigenvalue weighted by Gasteiger charge is -2.30. The van der Waals surface area contributed by atoms with Gasteiger partial charge in [0.25, 0.3) is 12.4 Å². The maximum Gasteiger partial charge on any atom is 0.290 e. The highest BCUT2D eigenvalue weighted by molar-refractivity contribution is 5.94. The lowest BCUT2D eigenvalue weighted by atomic mass is 10.0. The molecule has 7 heteroatoms. The highest BCUT2D eigenvalue weighted by Gasteiger charge is 2.33. The van der Waals surface area contributed by atoms with E-state index in [1.54, 1.807) is 0 Å².